The zero-order chi connectivity index (χ0) is 12.5. The number of halogens is 1. The molecule has 4 heteroatoms. The van der Waals surface area contributed by atoms with Crippen molar-refractivity contribution in [1.82, 2.24) is 9.97 Å². The van der Waals surface area contributed by atoms with Gasteiger partial charge < -0.3 is 4.74 Å². The average molecular weight is 243 g/mol. The fraction of sp³-hybridized carbons (Fsp3) is 0.667. The Bertz CT molecular complexity index is 362. The number of hydrogen-bond acceptors (Lipinski definition) is 3. The highest BCUT2D eigenvalue weighted by atomic mass is 35.5. The maximum absolute atomic E-state index is 6.06. The maximum Gasteiger partial charge on any atom is 0.159 e. The standard InChI is InChI=1S/C12H19ClN2O/c1-7-8(2)14-11(15-10(7)13)9(16-6)12(3,4)5/h9H,1-6H3. The van der Waals surface area contributed by atoms with Gasteiger partial charge in [-0.25, -0.2) is 9.97 Å². The van der Waals surface area contributed by atoms with Crippen LogP contribution in [0.5, 0.6) is 0 Å². The highest BCUT2D eigenvalue weighted by molar-refractivity contribution is 6.30. The quantitative estimate of drug-likeness (QED) is 0.745. The lowest BCUT2D eigenvalue weighted by atomic mass is 9.88. The van der Waals surface area contributed by atoms with Crippen molar-refractivity contribution >= 4 is 11.6 Å². The molecule has 1 heterocycles. The Balaban J connectivity index is 3.22. The molecule has 0 aromatic carbocycles. The van der Waals surface area contributed by atoms with E-state index in [-0.39, 0.29) is 11.5 Å². The van der Waals surface area contributed by atoms with E-state index in [1.54, 1.807) is 7.11 Å². The van der Waals surface area contributed by atoms with Crippen LogP contribution in [-0.4, -0.2) is 17.1 Å². The third-order valence-electron chi connectivity index (χ3n) is 2.60. The van der Waals surface area contributed by atoms with Gasteiger partial charge in [-0.3, -0.25) is 0 Å². The molecule has 1 aromatic rings. The first-order valence-corrected chi connectivity index (χ1v) is 5.68. The molecule has 0 aliphatic carbocycles. The maximum atomic E-state index is 6.06. The van der Waals surface area contributed by atoms with Crippen LogP contribution in [0.2, 0.25) is 5.15 Å². The van der Waals surface area contributed by atoms with Gasteiger partial charge in [0.15, 0.2) is 5.82 Å². The van der Waals surface area contributed by atoms with E-state index < -0.39 is 0 Å². The lowest BCUT2D eigenvalue weighted by molar-refractivity contribution is 0.00853. The summed E-state index contributed by atoms with van der Waals surface area (Å²) in [6.45, 7) is 10.1. The molecule has 0 N–H and O–H groups in total. The first kappa shape index (κ1) is 13.4. The second-order valence-electron chi connectivity index (χ2n) is 5.06. The van der Waals surface area contributed by atoms with Crippen LogP contribution in [0.1, 0.15) is 44.0 Å². The van der Waals surface area contributed by atoms with Crippen LogP contribution in [0.4, 0.5) is 0 Å². The predicted molar refractivity (Wildman–Crippen MR) is 65.7 cm³/mol. The van der Waals surface area contributed by atoms with Crippen LogP contribution in [0, 0.1) is 19.3 Å². The van der Waals surface area contributed by atoms with Crippen molar-refractivity contribution in [2.24, 2.45) is 5.41 Å². The number of hydrogen-bond donors (Lipinski definition) is 0. The molecule has 90 valence electrons. The lowest BCUT2D eigenvalue weighted by Gasteiger charge is -2.28. The number of ether oxygens (including phenoxy) is 1. The summed E-state index contributed by atoms with van der Waals surface area (Å²) in [7, 11) is 1.67. The highest BCUT2D eigenvalue weighted by Gasteiger charge is 2.29. The summed E-state index contributed by atoms with van der Waals surface area (Å²) < 4.78 is 5.47. The van der Waals surface area contributed by atoms with Crippen LogP contribution in [0.25, 0.3) is 0 Å². The van der Waals surface area contributed by atoms with Crippen LogP contribution in [0.15, 0.2) is 0 Å². The summed E-state index contributed by atoms with van der Waals surface area (Å²) >= 11 is 6.06. The minimum absolute atomic E-state index is 0.0558. The van der Waals surface area contributed by atoms with Gasteiger partial charge in [0.1, 0.15) is 11.3 Å². The van der Waals surface area contributed by atoms with Crippen molar-refractivity contribution in [1.29, 1.82) is 0 Å². The average Bonchev–Trinajstić information content (AvgIpc) is 2.12. The van der Waals surface area contributed by atoms with Gasteiger partial charge in [-0.15, -0.1) is 0 Å². The van der Waals surface area contributed by atoms with Crippen molar-refractivity contribution in [2.75, 3.05) is 7.11 Å². The number of aromatic nitrogens is 2. The Morgan fingerprint density at radius 3 is 2.12 bits per heavy atom. The van der Waals surface area contributed by atoms with Crippen molar-refractivity contribution in [2.45, 2.75) is 40.7 Å². The summed E-state index contributed by atoms with van der Waals surface area (Å²) in [5.74, 6) is 0.656. The zero-order valence-corrected chi connectivity index (χ0v) is 11.5. The molecular formula is C12H19ClN2O. The van der Waals surface area contributed by atoms with Crippen LogP contribution in [0.3, 0.4) is 0 Å². The fourth-order valence-electron chi connectivity index (χ4n) is 1.58. The summed E-state index contributed by atoms with van der Waals surface area (Å²) in [6, 6.07) is 0. The first-order valence-electron chi connectivity index (χ1n) is 5.30. The molecule has 0 bridgehead atoms. The molecule has 0 amide bonds. The Hall–Kier alpha value is -0.670. The molecular weight excluding hydrogens is 224 g/mol. The van der Waals surface area contributed by atoms with Gasteiger partial charge in [0.05, 0.1) is 0 Å². The fourth-order valence-corrected chi connectivity index (χ4v) is 1.80. The third-order valence-corrected chi connectivity index (χ3v) is 2.97. The van der Waals surface area contributed by atoms with Gasteiger partial charge in [0, 0.05) is 18.4 Å². The Labute approximate surface area is 102 Å². The molecule has 0 radical (unpaired) electrons. The van der Waals surface area contributed by atoms with Gasteiger partial charge in [-0.2, -0.15) is 0 Å². The summed E-state index contributed by atoms with van der Waals surface area (Å²) in [6.07, 6.45) is -0.149. The zero-order valence-electron chi connectivity index (χ0n) is 10.8. The van der Waals surface area contributed by atoms with Gasteiger partial charge in [-0.1, -0.05) is 32.4 Å². The molecule has 0 aliphatic heterocycles. The lowest BCUT2D eigenvalue weighted by Crippen LogP contribution is -2.23. The molecule has 0 fully saturated rings. The Kier molecular flexibility index (Phi) is 3.92. The van der Waals surface area contributed by atoms with E-state index in [0.717, 1.165) is 11.3 Å². The van der Waals surface area contributed by atoms with Crippen LogP contribution < -0.4 is 0 Å². The topological polar surface area (TPSA) is 35.0 Å². The monoisotopic (exact) mass is 242 g/mol. The van der Waals surface area contributed by atoms with Crippen molar-refractivity contribution in [3.63, 3.8) is 0 Å². The normalized spacial score (nSPS) is 13.9. The molecule has 16 heavy (non-hydrogen) atoms. The number of methoxy groups -OCH3 is 1. The SMILES string of the molecule is COC(c1nc(C)c(C)c(Cl)n1)C(C)(C)C. The van der Waals surface area contributed by atoms with E-state index in [9.17, 15) is 0 Å². The molecule has 0 saturated carbocycles. The van der Waals surface area contributed by atoms with E-state index in [0.29, 0.717) is 11.0 Å². The van der Waals surface area contributed by atoms with Gasteiger partial charge >= 0.3 is 0 Å². The van der Waals surface area contributed by atoms with Crippen LogP contribution >= 0.6 is 11.6 Å². The van der Waals surface area contributed by atoms with E-state index in [4.69, 9.17) is 16.3 Å². The smallest absolute Gasteiger partial charge is 0.159 e. The summed E-state index contributed by atoms with van der Waals surface area (Å²) in [5, 5.41) is 0.508. The van der Waals surface area contributed by atoms with Crippen molar-refractivity contribution in [3.8, 4) is 0 Å². The van der Waals surface area contributed by atoms with Crippen molar-refractivity contribution < 1.29 is 4.74 Å². The van der Waals surface area contributed by atoms with Gasteiger partial charge in [0.2, 0.25) is 0 Å². The van der Waals surface area contributed by atoms with E-state index in [1.807, 2.05) is 13.8 Å². The van der Waals surface area contributed by atoms with Crippen molar-refractivity contribution in [3.05, 3.63) is 22.2 Å². The minimum atomic E-state index is -0.149. The number of aryl methyl sites for hydroxylation is 1. The molecule has 0 saturated heterocycles. The number of rotatable bonds is 2. The summed E-state index contributed by atoms with van der Waals surface area (Å²) in [4.78, 5) is 8.75. The largest absolute Gasteiger partial charge is 0.373 e. The highest BCUT2D eigenvalue weighted by Crippen LogP contribution is 2.34. The minimum Gasteiger partial charge on any atom is -0.373 e. The second kappa shape index (κ2) is 4.68. The summed E-state index contributed by atoms with van der Waals surface area (Å²) in [5.41, 5.74) is 1.77. The Morgan fingerprint density at radius 2 is 1.75 bits per heavy atom. The molecule has 0 spiro atoms. The third kappa shape index (κ3) is 2.71. The van der Waals surface area contributed by atoms with E-state index in [1.165, 1.54) is 0 Å². The molecule has 1 aromatic heterocycles. The second-order valence-corrected chi connectivity index (χ2v) is 5.42. The van der Waals surface area contributed by atoms with E-state index in [2.05, 4.69) is 30.7 Å². The predicted octanol–water partition coefficient (Wildman–Crippen LogP) is 3.48. The number of nitrogens with zero attached hydrogens (tertiary/aromatic N) is 2. The van der Waals surface area contributed by atoms with E-state index >= 15 is 0 Å². The Morgan fingerprint density at radius 1 is 1.19 bits per heavy atom. The molecule has 1 rings (SSSR count). The van der Waals surface area contributed by atoms with Gasteiger partial charge in [-0.05, 0) is 19.3 Å². The van der Waals surface area contributed by atoms with Crippen LogP contribution in [-0.2, 0) is 4.74 Å². The molecule has 3 nitrogen and oxygen atoms in total. The molecule has 1 atom stereocenters. The first-order chi connectivity index (χ1) is 7.27. The molecule has 0 aliphatic rings. The van der Waals surface area contributed by atoms with Gasteiger partial charge in [0.25, 0.3) is 0 Å². The molecule has 1 unspecified atom stereocenters.